The molecule has 1 aliphatic heterocycles. The van der Waals surface area contributed by atoms with Gasteiger partial charge in [0.25, 0.3) is 0 Å². The second kappa shape index (κ2) is 7.54. The van der Waals surface area contributed by atoms with Gasteiger partial charge in [-0.1, -0.05) is 0 Å². The van der Waals surface area contributed by atoms with Crippen LogP contribution in [0.15, 0.2) is 36.9 Å². The third-order valence-electron chi connectivity index (χ3n) is 4.93. The first-order chi connectivity index (χ1) is 13.1. The van der Waals surface area contributed by atoms with Gasteiger partial charge in [-0.15, -0.1) is 0 Å². The Kier molecular flexibility index (Phi) is 4.96. The van der Waals surface area contributed by atoms with Crippen molar-refractivity contribution in [3.05, 3.63) is 42.6 Å². The highest BCUT2D eigenvalue weighted by atomic mass is 16.5. The van der Waals surface area contributed by atoms with E-state index in [0.29, 0.717) is 26.2 Å². The smallest absolute Gasteiger partial charge is 0.152 e. The van der Waals surface area contributed by atoms with Gasteiger partial charge in [-0.2, -0.15) is 5.10 Å². The van der Waals surface area contributed by atoms with Gasteiger partial charge in [0, 0.05) is 54.2 Å². The fourth-order valence-electron chi connectivity index (χ4n) is 3.38. The lowest BCUT2D eigenvalue weighted by molar-refractivity contribution is -0.121. The van der Waals surface area contributed by atoms with Gasteiger partial charge in [0.05, 0.1) is 44.1 Å². The zero-order valence-electron chi connectivity index (χ0n) is 15.6. The summed E-state index contributed by atoms with van der Waals surface area (Å²) in [5.74, 6) is 0.173. The number of ketones is 1. The second-order valence-corrected chi connectivity index (χ2v) is 7.10. The van der Waals surface area contributed by atoms with Crippen molar-refractivity contribution < 1.29 is 9.53 Å². The predicted octanol–water partition coefficient (Wildman–Crippen LogP) is 1.86. The first kappa shape index (κ1) is 17.8. The minimum atomic E-state index is 0.173. The van der Waals surface area contributed by atoms with Crippen LogP contribution in [-0.2, 0) is 23.0 Å². The molecule has 0 bridgehead atoms. The number of ether oxygens (including phenoxy) is 1. The van der Waals surface area contributed by atoms with E-state index in [4.69, 9.17) is 4.74 Å². The fraction of sp³-hybridized carbons (Fsp3) is 0.400. The Bertz CT molecular complexity index is 968. The van der Waals surface area contributed by atoms with Crippen molar-refractivity contribution in [3.63, 3.8) is 0 Å². The van der Waals surface area contributed by atoms with Gasteiger partial charge in [0.2, 0.25) is 0 Å². The molecule has 3 aromatic rings. The van der Waals surface area contributed by atoms with Gasteiger partial charge in [-0.05, 0) is 19.1 Å². The van der Waals surface area contributed by atoms with Crippen molar-refractivity contribution in [1.29, 1.82) is 0 Å². The molecule has 0 aromatic carbocycles. The number of nitrogens with zero attached hydrogens (tertiary/aromatic N) is 5. The molecule has 1 aliphatic rings. The van der Waals surface area contributed by atoms with Crippen molar-refractivity contribution in [2.24, 2.45) is 7.05 Å². The van der Waals surface area contributed by atoms with Gasteiger partial charge >= 0.3 is 0 Å². The third kappa shape index (κ3) is 4.04. The van der Waals surface area contributed by atoms with E-state index in [2.05, 4.69) is 33.0 Å². The number of aryl methyl sites for hydroxylation is 1. The van der Waals surface area contributed by atoms with E-state index in [-0.39, 0.29) is 11.8 Å². The summed E-state index contributed by atoms with van der Waals surface area (Å²) in [5.41, 5.74) is 3.61. The number of hydrogen-bond donors (Lipinski definition) is 0. The molecule has 3 aromatic heterocycles. The molecule has 0 amide bonds. The molecule has 7 heteroatoms. The van der Waals surface area contributed by atoms with Crippen molar-refractivity contribution in [2.45, 2.75) is 19.4 Å². The minimum absolute atomic E-state index is 0.173. The average Bonchev–Trinajstić information content (AvgIpc) is 3.09. The largest absolute Gasteiger partial charge is 0.379 e. The number of rotatable bonds is 5. The maximum Gasteiger partial charge on any atom is 0.152 e. The number of fused-ring (bicyclic) bond motifs is 1. The summed E-state index contributed by atoms with van der Waals surface area (Å²) < 4.78 is 7.20. The number of Topliss-reactive ketones (excluding diaryl/α,β-unsaturated/α-hetero) is 1. The molecule has 0 unspecified atom stereocenters. The molecule has 0 aliphatic carbocycles. The molecular formula is C20H23N5O2. The van der Waals surface area contributed by atoms with Gasteiger partial charge in [-0.25, -0.2) is 0 Å². The molecule has 4 rings (SSSR count). The van der Waals surface area contributed by atoms with Crippen molar-refractivity contribution in [3.8, 4) is 11.1 Å². The summed E-state index contributed by atoms with van der Waals surface area (Å²) >= 11 is 0. The van der Waals surface area contributed by atoms with E-state index in [1.807, 2.05) is 31.7 Å². The van der Waals surface area contributed by atoms with E-state index < -0.39 is 0 Å². The van der Waals surface area contributed by atoms with Crippen LogP contribution in [0.2, 0.25) is 0 Å². The highest BCUT2D eigenvalue weighted by Crippen LogP contribution is 2.22. The molecule has 4 heterocycles. The lowest BCUT2D eigenvalue weighted by atomic mass is 10.1. The van der Waals surface area contributed by atoms with Gasteiger partial charge in [0.1, 0.15) is 0 Å². The van der Waals surface area contributed by atoms with E-state index in [1.165, 1.54) is 0 Å². The lowest BCUT2D eigenvalue weighted by Gasteiger charge is -2.32. The summed E-state index contributed by atoms with van der Waals surface area (Å²) in [5, 5.41) is 5.19. The summed E-state index contributed by atoms with van der Waals surface area (Å²) in [7, 11) is 1.89. The highest BCUT2D eigenvalue weighted by Gasteiger charge is 2.21. The van der Waals surface area contributed by atoms with Crippen molar-refractivity contribution in [1.82, 2.24) is 24.6 Å². The topological polar surface area (TPSA) is 73.1 Å². The first-order valence-corrected chi connectivity index (χ1v) is 9.16. The SMILES string of the molecule is C[C@H]1COCCN1CC(=O)Cc1cc2cc(-c3cnn(C)c3)cnc2cn1. The van der Waals surface area contributed by atoms with Gasteiger partial charge in [-0.3, -0.25) is 24.3 Å². The number of carbonyl (C=O) groups is 1. The Balaban J connectivity index is 1.51. The van der Waals surface area contributed by atoms with Crippen LogP contribution in [-0.4, -0.2) is 62.8 Å². The Morgan fingerprint density at radius 1 is 1.22 bits per heavy atom. The summed E-state index contributed by atoms with van der Waals surface area (Å²) in [6, 6.07) is 4.31. The number of aromatic nitrogens is 4. The number of carbonyl (C=O) groups excluding carboxylic acids is 1. The summed E-state index contributed by atoms with van der Waals surface area (Å²) in [6.07, 6.45) is 7.67. The molecular weight excluding hydrogens is 342 g/mol. The Morgan fingerprint density at radius 2 is 2.11 bits per heavy atom. The van der Waals surface area contributed by atoms with E-state index >= 15 is 0 Å². The van der Waals surface area contributed by atoms with Crippen LogP contribution in [0.4, 0.5) is 0 Å². The molecule has 140 valence electrons. The van der Waals surface area contributed by atoms with E-state index in [1.54, 1.807) is 10.9 Å². The molecule has 1 fully saturated rings. The Hall–Kier alpha value is -2.64. The molecule has 7 nitrogen and oxygen atoms in total. The van der Waals surface area contributed by atoms with Crippen LogP contribution in [0.5, 0.6) is 0 Å². The highest BCUT2D eigenvalue weighted by molar-refractivity contribution is 5.86. The van der Waals surface area contributed by atoms with Crippen molar-refractivity contribution in [2.75, 3.05) is 26.3 Å². The number of morpholine rings is 1. The van der Waals surface area contributed by atoms with Crippen LogP contribution in [0.25, 0.3) is 22.0 Å². The molecule has 1 saturated heterocycles. The summed E-state index contributed by atoms with van der Waals surface area (Å²) in [6.45, 7) is 4.71. The maximum absolute atomic E-state index is 12.5. The van der Waals surface area contributed by atoms with Crippen LogP contribution in [0, 0.1) is 0 Å². The lowest BCUT2D eigenvalue weighted by Crippen LogP contribution is -2.46. The molecule has 0 saturated carbocycles. The van der Waals surface area contributed by atoms with E-state index in [0.717, 1.165) is 34.3 Å². The zero-order valence-corrected chi connectivity index (χ0v) is 15.6. The second-order valence-electron chi connectivity index (χ2n) is 7.10. The Labute approximate surface area is 158 Å². The maximum atomic E-state index is 12.5. The number of hydrogen-bond acceptors (Lipinski definition) is 6. The van der Waals surface area contributed by atoms with Crippen LogP contribution in [0.1, 0.15) is 12.6 Å². The summed E-state index contributed by atoms with van der Waals surface area (Å²) in [4.78, 5) is 23.6. The Morgan fingerprint density at radius 3 is 2.89 bits per heavy atom. The molecule has 0 N–H and O–H groups in total. The predicted molar refractivity (Wildman–Crippen MR) is 102 cm³/mol. The monoisotopic (exact) mass is 365 g/mol. The number of pyridine rings is 2. The first-order valence-electron chi connectivity index (χ1n) is 9.16. The minimum Gasteiger partial charge on any atom is -0.379 e. The van der Waals surface area contributed by atoms with Crippen LogP contribution < -0.4 is 0 Å². The molecule has 27 heavy (non-hydrogen) atoms. The molecule has 0 radical (unpaired) electrons. The van der Waals surface area contributed by atoms with Gasteiger partial charge in [0.15, 0.2) is 5.78 Å². The van der Waals surface area contributed by atoms with Gasteiger partial charge < -0.3 is 4.74 Å². The zero-order chi connectivity index (χ0) is 18.8. The standard InChI is InChI=1S/C20H23N5O2/c1-14-13-27-4-3-25(14)12-19(26)7-18-6-15-5-16(8-22-20(15)10-21-18)17-9-23-24(2)11-17/h5-6,8-11,14H,3-4,7,12-13H2,1-2H3/t14-/m0/s1. The van der Waals surface area contributed by atoms with E-state index in [9.17, 15) is 4.79 Å². The van der Waals surface area contributed by atoms with Crippen LogP contribution >= 0.6 is 0 Å². The third-order valence-corrected chi connectivity index (χ3v) is 4.93. The molecule has 1 atom stereocenters. The molecule has 0 spiro atoms. The average molecular weight is 365 g/mol. The quantitative estimate of drug-likeness (QED) is 0.687. The fourth-order valence-corrected chi connectivity index (χ4v) is 3.38. The van der Waals surface area contributed by atoms with Crippen molar-refractivity contribution >= 4 is 16.7 Å². The van der Waals surface area contributed by atoms with Crippen LogP contribution in [0.3, 0.4) is 0 Å². The normalized spacial score (nSPS) is 18.1.